The van der Waals surface area contributed by atoms with Crippen molar-refractivity contribution in [2.45, 2.75) is 44.8 Å². The van der Waals surface area contributed by atoms with E-state index in [2.05, 4.69) is 10.4 Å². The second kappa shape index (κ2) is 7.57. The van der Waals surface area contributed by atoms with E-state index in [1.807, 2.05) is 13.1 Å². The van der Waals surface area contributed by atoms with Gasteiger partial charge in [0.1, 0.15) is 5.82 Å². The minimum atomic E-state index is -0.269. The van der Waals surface area contributed by atoms with Gasteiger partial charge in [-0.25, -0.2) is 4.39 Å². The Bertz CT molecular complexity index is 678. The molecule has 0 spiro atoms. The summed E-state index contributed by atoms with van der Waals surface area (Å²) < 4.78 is 20.3. The fourth-order valence-electron chi connectivity index (χ4n) is 2.92. The predicted octanol–water partition coefficient (Wildman–Crippen LogP) is 3.33. The van der Waals surface area contributed by atoms with E-state index in [0.717, 1.165) is 25.0 Å². The molecule has 5 nitrogen and oxygen atoms in total. The van der Waals surface area contributed by atoms with E-state index in [4.69, 9.17) is 4.74 Å². The number of ether oxygens (including phenoxy) is 1. The highest BCUT2D eigenvalue weighted by molar-refractivity contribution is 5.90. The molecule has 1 N–H and O–H groups in total. The van der Waals surface area contributed by atoms with Gasteiger partial charge in [0.25, 0.3) is 0 Å². The first-order chi connectivity index (χ1) is 11.6. The van der Waals surface area contributed by atoms with Crippen LogP contribution in [0, 0.1) is 5.82 Å². The molecule has 0 unspecified atom stereocenters. The van der Waals surface area contributed by atoms with Gasteiger partial charge in [-0.1, -0.05) is 19.1 Å². The van der Waals surface area contributed by atoms with E-state index in [0.29, 0.717) is 18.7 Å². The maximum atomic E-state index is 13.0. The van der Waals surface area contributed by atoms with Crippen molar-refractivity contribution in [1.29, 1.82) is 0 Å². The Morgan fingerprint density at radius 3 is 2.96 bits per heavy atom. The molecule has 1 aromatic heterocycles. The van der Waals surface area contributed by atoms with Crippen LogP contribution < -0.4 is 5.32 Å². The molecule has 1 amide bonds. The monoisotopic (exact) mass is 331 g/mol. The summed E-state index contributed by atoms with van der Waals surface area (Å²) in [5.74, 6) is -0.329. The summed E-state index contributed by atoms with van der Waals surface area (Å²) in [7, 11) is 0. The number of nitrogens with zero attached hydrogens (tertiary/aromatic N) is 2. The van der Waals surface area contributed by atoms with Crippen molar-refractivity contribution in [2.24, 2.45) is 0 Å². The van der Waals surface area contributed by atoms with Crippen LogP contribution >= 0.6 is 0 Å². The van der Waals surface area contributed by atoms with Gasteiger partial charge in [0.2, 0.25) is 5.91 Å². The van der Waals surface area contributed by atoms with Gasteiger partial charge in [0.05, 0.1) is 24.5 Å². The van der Waals surface area contributed by atoms with E-state index in [9.17, 15) is 9.18 Å². The Morgan fingerprint density at radius 2 is 2.25 bits per heavy atom. The van der Waals surface area contributed by atoms with Crippen LogP contribution in [-0.4, -0.2) is 28.4 Å². The highest BCUT2D eigenvalue weighted by Crippen LogP contribution is 2.20. The average molecular weight is 331 g/mol. The highest BCUT2D eigenvalue weighted by atomic mass is 19.1. The molecule has 1 fully saturated rings. The van der Waals surface area contributed by atoms with E-state index in [1.165, 1.54) is 12.1 Å². The topological polar surface area (TPSA) is 56.2 Å². The summed E-state index contributed by atoms with van der Waals surface area (Å²) in [6, 6.07) is 6.26. The first-order valence-corrected chi connectivity index (χ1v) is 8.29. The normalized spacial score (nSPS) is 18.5. The third-order valence-electron chi connectivity index (χ3n) is 4.26. The minimum absolute atomic E-state index is 0.0209. The first kappa shape index (κ1) is 16.6. The number of benzene rings is 1. The summed E-state index contributed by atoms with van der Waals surface area (Å²) in [4.78, 5) is 12.2. The summed E-state index contributed by atoms with van der Waals surface area (Å²) in [6.07, 6.45) is 6.17. The summed E-state index contributed by atoms with van der Waals surface area (Å²) in [6.45, 7) is 3.48. The number of rotatable bonds is 6. The molecule has 3 rings (SSSR count). The molecule has 0 radical (unpaired) electrons. The van der Waals surface area contributed by atoms with Gasteiger partial charge < -0.3 is 10.1 Å². The Labute approximate surface area is 140 Å². The number of hydrogen-bond donors (Lipinski definition) is 1. The molecule has 0 saturated carbocycles. The second-order valence-electron chi connectivity index (χ2n) is 6.29. The lowest BCUT2D eigenvalue weighted by molar-refractivity contribution is -0.116. The van der Waals surface area contributed by atoms with Crippen molar-refractivity contribution < 1.29 is 13.9 Å². The fourth-order valence-corrected chi connectivity index (χ4v) is 2.92. The number of halogens is 1. The quantitative estimate of drug-likeness (QED) is 0.883. The van der Waals surface area contributed by atoms with Crippen molar-refractivity contribution >= 4 is 11.6 Å². The Balaban J connectivity index is 1.51. The fraction of sp³-hybridized carbons (Fsp3) is 0.444. The number of hydrogen-bond acceptors (Lipinski definition) is 3. The standard InChI is InChI=1S/C18H22FN3O2/c1-13(14-4-6-15(19)7-5-14)9-18(23)21-16-10-20-22(11-16)12-17-3-2-8-24-17/h4-7,10-11,13,17H,2-3,8-9,12H2,1H3,(H,21,23)/t13-,17+/m1/s1. The van der Waals surface area contributed by atoms with Crippen LogP contribution in [0.5, 0.6) is 0 Å². The van der Waals surface area contributed by atoms with Gasteiger partial charge in [-0.3, -0.25) is 9.48 Å². The average Bonchev–Trinajstić information content (AvgIpc) is 3.20. The highest BCUT2D eigenvalue weighted by Gasteiger charge is 2.17. The van der Waals surface area contributed by atoms with Gasteiger partial charge in [-0.15, -0.1) is 0 Å². The third kappa shape index (κ3) is 4.41. The molecule has 1 aliphatic rings. The molecule has 1 aromatic carbocycles. The zero-order chi connectivity index (χ0) is 16.9. The van der Waals surface area contributed by atoms with Crippen molar-refractivity contribution in [2.75, 3.05) is 11.9 Å². The van der Waals surface area contributed by atoms with E-state index < -0.39 is 0 Å². The molecular weight excluding hydrogens is 309 g/mol. The zero-order valence-corrected chi connectivity index (χ0v) is 13.7. The van der Waals surface area contributed by atoms with Gasteiger partial charge in [0, 0.05) is 19.2 Å². The third-order valence-corrected chi connectivity index (χ3v) is 4.26. The van der Waals surface area contributed by atoms with Crippen LogP contribution in [0.1, 0.15) is 37.7 Å². The molecule has 1 aliphatic heterocycles. The van der Waals surface area contributed by atoms with Gasteiger partial charge in [0.15, 0.2) is 0 Å². The van der Waals surface area contributed by atoms with Crippen LogP contribution in [0.4, 0.5) is 10.1 Å². The summed E-state index contributed by atoms with van der Waals surface area (Å²) in [5.41, 5.74) is 1.63. The lowest BCUT2D eigenvalue weighted by atomic mass is 9.97. The summed E-state index contributed by atoms with van der Waals surface area (Å²) >= 11 is 0. The van der Waals surface area contributed by atoms with Crippen molar-refractivity contribution in [3.05, 3.63) is 48.0 Å². The SMILES string of the molecule is C[C@H](CC(=O)Nc1cnn(C[C@@H]2CCCO2)c1)c1ccc(F)cc1. The minimum Gasteiger partial charge on any atom is -0.376 e. The molecule has 0 bridgehead atoms. The van der Waals surface area contributed by atoms with Crippen molar-refractivity contribution in [1.82, 2.24) is 9.78 Å². The Hall–Kier alpha value is -2.21. The number of nitrogens with one attached hydrogen (secondary N) is 1. The lowest BCUT2D eigenvalue weighted by Crippen LogP contribution is -2.15. The predicted molar refractivity (Wildman–Crippen MR) is 89.3 cm³/mol. The Morgan fingerprint density at radius 1 is 1.46 bits per heavy atom. The molecule has 2 heterocycles. The van der Waals surface area contributed by atoms with Crippen LogP contribution in [0.3, 0.4) is 0 Å². The van der Waals surface area contributed by atoms with Crippen molar-refractivity contribution in [3.63, 3.8) is 0 Å². The van der Waals surface area contributed by atoms with E-state index >= 15 is 0 Å². The lowest BCUT2D eigenvalue weighted by Gasteiger charge is -2.11. The molecular formula is C18H22FN3O2. The maximum absolute atomic E-state index is 13.0. The zero-order valence-electron chi connectivity index (χ0n) is 13.7. The van der Waals surface area contributed by atoms with Crippen LogP contribution in [0.2, 0.25) is 0 Å². The van der Waals surface area contributed by atoms with E-state index in [-0.39, 0.29) is 23.7 Å². The van der Waals surface area contributed by atoms with Crippen molar-refractivity contribution in [3.8, 4) is 0 Å². The Kier molecular flexibility index (Phi) is 5.25. The molecule has 0 aliphatic carbocycles. The van der Waals surface area contributed by atoms with Crippen LogP contribution in [0.25, 0.3) is 0 Å². The number of carbonyl (C=O) groups is 1. The van der Waals surface area contributed by atoms with Gasteiger partial charge >= 0.3 is 0 Å². The number of amides is 1. The second-order valence-corrected chi connectivity index (χ2v) is 6.29. The summed E-state index contributed by atoms with van der Waals surface area (Å²) in [5, 5.41) is 7.12. The molecule has 128 valence electrons. The van der Waals surface area contributed by atoms with E-state index in [1.54, 1.807) is 23.0 Å². The molecule has 1 saturated heterocycles. The number of carbonyl (C=O) groups excluding carboxylic acids is 1. The molecule has 2 aromatic rings. The van der Waals surface area contributed by atoms with Gasteiger partial charge in [-0.05, 0) is 36.5 Å². The number of anilines is 1. The van der Waals surface area contributed by atoms with Crippen LogP contribution in [0.15, 0.2) is 36.7 Å². The van der Waals surface area contributed by atoms with Gasteiger partial charge in [-0.2, -0.15) is 5.10 Å². The number of aromatic nitrogens is 2. The smallest absolute Gasteiger partial charge is 0.225 e. The van der Waals surface area contributed by atoms with Crippen LogP contribution in [-0.2, 0) is 16.1 Å². The molecule has 2 atom stereocenters. The maximum Gasteiger partial charge on any atom is 0.225 e. The molecule has 6 heteroatoms. The first-order valence-electron chi connectivity index (χ1n) is 8.29. The molecule has 24 heavy (non-hydrogen) atoms. The largest absolute Gasteiger partial charge is 0.376 e.